The van der Waals surface area contributed by atoms with Crippen LogP contribution in [0.25, 0.3) is 11.4 Å². The molecule has 2 heterocycles. The van der Waals surface area contributed by atoms with Crippen molar-refractivity contribution in [2.24, 2.45) is 0 Å². The van der Waals surface area contributed by atoms with E-state index in [1.54, 1.807) is 0 Å². The van der Waals surface area contributed by atoms with E-state index in [9.17, 15) is 0 Å². The fourth-order valence-corrected chi connectivity index (χ4v) is 2.57. The van der Waals surface area contributed by atoms with E-state index in [0.717, 1.165) is 35.1 Å². The Balaban J connectivity index is 1.80. The average Bonchev–Trinajstić information content (AvgIpc) is 3.13. The summed E-state index contributed by atoms with van der Waals surface area (Å²) in [5, 5.41) is 15.2. The van der Waals surface area contributed by atoms with Crippen molar-refractivity contribution in [2.75, 3.05) is 5.32 Å². The lowest BCUT2D eigenvalue weighted by molar-refractivity contribution is 0.529. The van der Waals surface area contributed by atoms with Crippen LogP contribution >= 0.6 is 0 Å². The summed E-state index contributed by atoms with van der Waals surface area (Å²) in [5.41, 5.74) is 5.56. The predicted octanol–water partition coefficient (Wildman–Crippen LogP) is 3.79. The third-order valence-electron chi connectivity index (χ3n) is 4.11. The van der Waals surface area contributed by atoms with Gasteiger partial charge in [-0.2, -0.15) is 10.2 Å². The van der Waals surface area contributed by atoms with Crippen molar-refractivity contribution in [2.45, 2.75) is 47.2 Å². The SMILES string of the molecule is Cc1nc(-c2ccc(C)c(NCc3cn(C(C)C)nc3C)c2)n[nH]1. The molecule has 24 heavy (non-hydrogen) atoms. The molecule has 0 aliphatic carbocycles. The van der Waals surface area contributed by atoms with Gasteiger partial charge < -0.3 is 5.32 Å². The Kier molecular flexibility index (Phi) is 4.38. The molecule has 3 aromatic rings. The Morgan fingerprint density at radius 3 is 2.62 bits per heavy atom. The molecule has 0 aliphatic rings. The lowest BCUT2D eigenvalue weighted by Crippen LogP contribution is -2.02. The summed E-state index contributed by atoms with van der Waals surface area (Å²) in [6.07, 6.45) is 2.12. The van der Waals surface area contributed by atoms with Crippen molar-refractivity contribution in [1.82, 2.24) is 25.0 Å². The number of anilines is 1. The maximum absolute atomic E-state index is 4.57. The Labute approximate surface area is 142 Å². The molecule has 0 saturated heterocycles. The van der Waals surface area contributed by atoms with Gasteiger partial charge in [0, 0.05) is 35.6 Å². The second-order valence-corrected chi connectivity index (χ2v) is 6.44. The summed E-state index contributed by atoms with van der Waals surface area (Å²) in [5.74, 6) is 1.54. The first-order valence-electron chi connectivity index (χ1n) is 8.22. The number of hydrogen-bond donors (Lipinski definition) is 2. The smallest absolute Gasteiger partial charge is 0.181 e. The molecule has 6 heteroatoms. The summed E-state index contributed by atoms with van der Waals surface area (Å²) in [7, 11) is 0. The van der Waals surface area contributed by atoms with E-state index in [1.807, 2.05) is 17.7 Å². The topological polar surface area (TPSA) is 71.4 Å². The second-order valence-electron chi connectivity index (χ2n) is 6.44. The van der Waals surface area contributed by atoms with Gasteiger partial charge in [0.1, 0.15) is 5.82 Å². The lowest BCUT2D eigenvalue weighted by Gasteiger charge is -2.10. The van der Waals surface area contributed by atoms with Crippen LogP contribution < -0.4 is 5.32 Å². The monoisotopic (exact) mass is 324 g/mol. The Bertz CT molecular complexity index is 843. The quantitative estimate of drug-likeness (QED) is 0.749. The van der Waals surface area contributed by atoms with Crippen LogP contribution in [-0.4, -0.2) is 25.0 Å². The van der Waals surface area contributed by atoms with Crippen molar-refractivity contribution >= 4 is 5.69 Å². The van der Waals surface area contributed by atoms with E-state index in [-0.39, 0.29) is 0 Å². The zero-order chi connectivity index (χ0) is 17.3. The number of H-pyrrole nitrogens is 1. The minimum absolute atomic E-state index is 0.372. The molecule has 0 amide bonds. The standard InChI is InChI=1S/C18H24N6/c1-11(2)24-10-16(13(4)23-24)9-19-17-8-15(7-6-12(17)3)18-20-14(5)21-22-18/h6-8,10-11,19H,9H2,1-5H3,(H,20,21,22). The minimum atomic E-state index is 0.372. The second kappa shape index (κ2) is 6.47. The highest BCUT2D eigenvalue weighted by molar-refractivity contribution is 5.65. The zero-order valence-electron chi connectivity index (χ0n) is 14.9. The number of aryl methyl sites for hydroxylation is 3. The van der Waals surface area contributed by atoms with Gasteiger partial charge in [0.2, 0.25) is 0 Å². The fraction of sp³-hybridized carbons (Fsp3) is 0.389. The van der Waals surface area contributed by atoms with E-state index in [0.29, 0.717) is 6.04 Å². The first-order chi connectivity index (χ1) is 11.4. The van der Waals surface area contributed by atoms with Crippen molar-refractivity contribution in [1.29, 1.82) is 0 Å². The van der Waals surface area contributed by atoms with E-state index < -0.39 is 0 Å². The number of hydrogen-bond acceptors (Lipinski definition) is 4. The third-order valence-corrected chi connectivity index (χ3v) is 4.11. The molecule has 2 aromatic heterocycles. The molecular formula is C18H24N6. The summed E-state index contributed by atoms with van der Waals surface area (Å²) >= 11 is 0. The van der Waals surface area contributed by atoms with Gasteiger partial charge in [-0.15, -0.1) is 0 Å². The van der Waals surface area contributed by atoms with Gasteiger partial charge in [-0.1, -0.05) is 12.1 Å². The van der Waals surface area contributed by atoms with Crippen molar-refractivity contribution in [3.05, 3.63) is 47.0 Å². The van der Waals surface area contributed by atoms with Gasteiger partial charge in [-0.3, -0.25) is 9.78 Å². The molecule has 0 aliphatic heterocycles. The van der Waals surface area contributed by atoms with Gasteiger partial charge in [-0.25, -0.2) is 4.98 Å². The fourth-order valence-electron chi connectivity index (χ4n) is 2.57. The molecule has 3 rings (SSSR count). The number of nitrogens with one attached hydrogen (secondary N) is 2. The normalized spacial score (nSPS) is 11.2. The molecule has 0 radical (unpaired) electrons. The highest BCUT2D eigenvalue weighted by atomic mass is 15.3. The molecular weight excluding hydrogens is 300 g/mol. The molecule has 0 bridgehead atoms. The number of benzene rings is 1. The summed E-state index contributed by atoms with van der Waals surface area (Å²) < 4.78 is 2.01. The van der Waals surface area contributed by atoms with Crippen LogP contribution in [0.5, 0.6) is 0 Å². The maximum Gasteiger partial charge on any atom is 0.181 e. The van der Waals surface area contributed by atoms with Crippen LogP contribution in [0, 0.1) is 20.8 Å². The molecule has 2 N–H and O–H groups in total. The Hall–Kier alpha value is -2.63. The molecule has 0 spiro atoms. The van der Waals surface area contributed by atoms with Crippen molar-refractivity contribution < 1.29 is 0 Å². The summed E-state index contributed by atoms with van der Waals surface area (Å²) in [6, 6.07) is 6.61. The van der Waals surface area contributed by atoms with Gasteiger partial charge in [0.25, 0.3) is 0 Å². The van der Waals surface area contributed by atoms with Crippen LogP contribution in [0.2, 0.25) is 0 Å². The summed E-state index contributed by atoms with van der Waals surface area (Å²) in [4.78, 5) is 4.40. The number of aromatic amines is 1. The molecule has 0 saturated carbocycles. The predicted molar refractivity (Wildman–Crippen MR) is 96.0 cm³/mol. The maximum atomic E-state index is 4.57. The van der Waals surface area contributed by atoms with Gasteiger partial charge in [0.05, 0.1) is 5.69 Å². The van der Waals surface area contributed by atoms with Gasteiger partial charge in [0.15, 0.2) is 5.82 Å². The van der Waals surface area contributed by atoms with E-state index in [4.69, 9.17) is 0 Å². The third kappa shape index (κ3) is 3.32. The molecule has 6 nitrogen and oxygen atoms in total. The van der Waals surface area contributed by atoms with E-state index in [1.165, 1.54) is 11.1 Å². The molecule has 126 valence electrons. The van der Waals surface area contributed by atoms with Crippen LogP contribution in [-0.2, 0) is 6.54 Å². The minimum Gasteiger partial charge on any atom is -0.381 e. The van der Waals surface area contributed by atoms with E-state index in [2.05, 4.69) is 71.6 Å². The van der Waals surface area contributed by atoms with E-state index >= 15 is 0 Å². The van der Waals surface area contributed by atoms with Crippen LogP contribution in [0.15, 0.2) is 24.4 Å². The lowest BCUT2D eigenvalue weighted by atomic mass is 10.1. The largest absolute Gasteiger partial charge is 0.381 e. The van der Waals surface area contributed by atoms with Crippen LogP contribution in [0.4, 0.5) is 5.69 Å². The highest BCUT2D eigenvalue weighted by Gasteiger charge is 2.09. The number of aromatic nitrogens is 5. The number of rotatable bonds is 5. The summed E-state index contributed by atoms with van der Waals surface area (Å²) in [6.45, 7) is 11.1. The van der Waals surface area contributed by atoms with Crippen molar-refractivity contribution in [3.63, 3.8) is 0 Å². The Morgan fingerprint density at radius 2 is 2.00 bits per heavy atom. The van der Waals surface area contributed by atoms with Gasteiger partial charge in [-0.05, 0) is 46.2 Å². The molecule has 0 fully saturated rings. The first kappa shape index (κ1) is 16.2. The molecule has 1 aromatic carbocycles. The zero-order valence-corrected chi connectivity index (χ0v) is 14.9. The van der Waals surface area contributed by atoms with Crippen LogP contribution in [0.1, 0.15) is 42.5 Å². The van der Waals surface area contributed by atoms with Crippen molar-refractivity contribution in [3.8, 4) is 11.4 Å². The first-order valence-corrected chi connectivity index (χ1v) is 8.22. The van der Waals surface area contributed by atoms with Gasteiger partial charge >= 0.3 is 0 Å². The number of nitrogens with zero attached hydrogens (tertiary/aromatic N) is 4. The van der Waals surface area contributed by atoms with Crippen LogP contribution in [0.3, 0.4) is 0 Å². The average molecular weight is 324 g/mol. The Morgan fingerprint density at radius 1 is 1.21 bits per heavy atom. The highest BCUT2D eigenvalue weighted by Crippen LogP contribution is 2.24. The molecule has 0 unspecified atom stereocenters. The molecule has 0 atom stereocenters.